The minimum Gasteiger partial charge on any atom is -0.293 e. The molecule has 1 aromatic rings. The van der Waals surface area contributed by atoms with Gasteiger partial charge in [0.05, 0.1) is 4.88 Å². The van der Waals surface area contributed by atoms with E-state index >= 15 is 0 Å². The molecule has 0 spiro atoms. The van der Waals surface area contributed by atoms with Gasteiger partial charge in [-0.2, -0.15) is 11.8 Å². The fourth-order valence-corrected chi connectivity index (χ4v) is 3.15. The van der Waals surface area contributed by atoms with Gasteiger partial charge in [-0.15, -0.1) is 11.3 Å². The molecule has 1 unspecified atom stereocenters. The Hall–Kier alpha value is -0.280. The van der Waals surface area contributed by atoms with E-state index in [0.29, 0.717) is 12.2 Å². The Morgan fingerprint density at radius 3 is 3.00 bits per heavy atom. The van der Waals surface area contributed by atoms with Gasteiger partial charge in [0.15, 0.2) is 5.78 Å². The Bertz CT molecular complexity index is 293. The first-order valence-electron chi connectivity index (χ1n) is 5.88. The van der Waals surface area contributed by atoms with Crippen molar-refractivity contribution in [2.45, 2.75) is 33.1 Å². The number of Topliss-reactive ketones (excluding diaryl/α,β-unsaturated/α-hetero) is 1. The first-order chi connectivity index (χ1) is 7.74. The van der Waals surface area contributed by atoms with Crippen LogP contribution >= 0.6 is 23.1 Å². The molecule has 1 heterocycles. The van der Waals surface area contributed by atoms with Gasteiger partial charge >= 0.3 is 0 Å². The molecule has 90 valence electrons. The van der Waals surface area contributed by atoms with E-state index < -0.39 is 0 Å². The second kappa shape index (κ2) is 7.91. The van der Waals surface area contributed by atoms with Gasteiger partial charge in [0.25, 0.3) is 0 Å². The fraction of sp³-hybridized carbons (Fsp3) is 0.615. The number of ketones is 1. The molecule has 0 aromatic carbocycles. The average Bonchev–Trinajstić information content (AvgIpc) is 2.81. The Morgan fingerprint density at radius 2 is 2.38 bits per heavy atom. The van der Waals surface area contributed by atoms with Crippen LogP contribution in [-0.4, -0.2) is 17.3 Å². The Kier molecular flexibility index (Phi) is 6.81. The predicted octanol–water partition coefficient (Wildman–Crippen LogP) is 4.49. The molecular formula is C13H20OS2. The molecule has 16 heavy (non-hydrogen) atoms. The van der Waals surface area contributed by atoms with Crippen LogP contribution in [0.25, 0.3) is 0 Å². The average molecular weight is 256 g/mol. The summed E-state index contributed by atoms with van der Waals surface area (Å²) in [6, 6.07) is 3.86. The van der Waals surface area contributed by atoms with E-state index in [2.05, 4.69) is 13.8 Å². The lowest BCUT2D eigenvalue weighted by atomic mass is 10.2. The highest BCUT2D eigenvalue weighted by Crippen LogP contribution is 2.16. The van der Waals surface area contributed by atoms with Crippen molar-refractivity contribution in [3.05, 3.63) is 22.4 Å². The number of hydrogen-bond donors (Lipinski definition) is 0. The van der Waals surface area contributed by atoms with E-state index in [9.17, 15) is 4.79 Å². The van der Waals surface area contributed by atoms with Crippen LogP contribution < -0.4 is 0 Å². The summed E-state index contributed by atoms with van der Waals surface area (Å²) < 4.78 is 0. The fourth-order valence-electron chi connectivity index (χ4n) is 1.30. The van der Waals surface area contributed by atoms with E-state index in [4.69, 9.17) is 0 Å². The summed E-state index contributed by atoms with van der Waals surface area (Å²) >= 11 is 3.52. The maximum absolute atomic E-state index is 11.7. The lowest BCUT2D eigenvalue weighted by Gasteiger charge is -2.06. The van der Waals surface area contributed by atoms with Crippen LogP contribution in [0.5, 0.6) is 0 Å². The third kappa shape index (κ3) is 5.17. The molecule has 0 aliphatic heterocycles. The topological polar surface area (TPSA) is 17.1 Å². The zero-order chi connectivity index (χ0) is 11.8. The Morgan fingerprint density at radius 1 is 1.56 bits per heavy atom. The summed E-state index contributed by atoms with van der Waals surface area (Å²) in [5, 5.41) is 1.96. The zero-order valence-corrected chi connectivity index (χ0v) is 11.7. The smallest absolute Gasteiger partial charge is 0.172 e. The van der Waals surface area contributed by atoms with Crippen LogP contribution in [-0.2, 0) is 0 Å². The minimum atomic E-state index is 0.305. The zero-order valence-electron chi connectivity index (χ0n) is 10.1. The molecular weight excluding hydrogens is 236 g/mol. The summed E-state index contributed by atoms with van der Waals surface area (Å²) in [6.45, 7) is 4.51. The van der Waals surface area contributed by atoms with Crippen molar-refractivity contribution in [1.82, 2.24) is 0 Å². The molecule has 0 aliphatic rings. The van der Waals surface area contributed by atoms with E-state index in [1.165, 1.54) is 12.2 Å². The van der Waals surface area contributed by atoms with Gasteiger partial charge in [0.2, 0.25) is 0 Å². The molecule has 0 N–H and O–H groups in total. The standard InChI is InChI=1S/C13H20OS2/c1-3-11(2)10-15-8-4-6-12(14)13-7-5-9-16-13/h5,7,9,11H,3-4,6,8,10H2,1-2H3. The van der Waals surface area contributed by atoms with Crippen LogP contribution in [0, 0.1) is 5.92 Å². The highest BCUT2D eigenvalue weighted by atomic mass is 32.2. The van der Waals surface area contributed by atoms with Crippen molar-refractivity contribution in [1.29, 1.82) is 0 Å². The highest BCUT2D eigenvalue weighted by molar-refractivity contribution is 7.99. The number of thiophene rings is 1. The number of hydrogen-bond acceptors (Lipinski definition) is 3. The van der Waals surface area contributed by atoms with Crippen LogP contribution in [0.3, 0.4) is 0 Å². The maximum Gasteiger partial charge on any atom is 0.172 e. The molecule has 0 bridgehead atoms. The first kappa shape index (κ1) is 13.8. The van der Waals surface area contributed by atoms with Gasteiger partial charge in [-0.1, -0.05) is 26.3 Å². The monoisotopic (exact) mass is 256 g/mol. The van der Waals surface area contributed by atoms with E-state index in [1.54, 1.807) is 11.3 Å². The summed E-state index contributed by atoms with van der Waals surface area (Å²) in [5.41, 5.74) is 0. The number of carbonyl (C=O) groups is 1. The quantitative estimate of drug-likeness (QED) is 0.503. The van der Waals surface area contributed by atoms with Gasteiger partial charge in [-0.3, -0.25) is 4.79 Å². The summed E-state index contributed by atoms with van der Waals surface area (Å²) in [5.74, 6) is 3.45. The molecule has 1 nitrogen and oxygen atoms in total. The van der Waals surface area contributed by atoms with Gasteiger partial charge in [0, 0.05) is 6.42 Å². The normalized spacial score (nSPS) is 12.6. The lowest BCUT2D eigenvalue weighted by Crippen LogP contribution is -1.99. The predicted molar refractivity (Wildman–Crippen MR) is 74.7 cm³/mol. The first-order valence-corrected chi connectivity index (χ1v) is 7.92. The molecule has 0 aliphatic carbocycles. The van der Waals surface area contributed by atoms with Crippen molar-refractivity contribution in [2.75, 3.05) is 11.5 Å². The Balaban J connectivity index is 2.05. The maximum atomic E-state index is 11.7. The third-order valence-electron chi connectivity index (χ3n) is 2.59. The van der Waals surface area contributed by atoms with Crippen molar-refractivity contribution in [2.24, 2.45) is 5.92 Å². The van der Waals surface area contributed by atoms with E-state index in [-0.39, 0.29) is 0 Å². The van der Waals surface area contributed by atoms with Crippen molar-refractivity contribution < 1.29 is 4.79 Å². The van der Waals surface area contributed by atoms with Crippen molar-refractivity contribution in [3.63, 3.8) is 0 Å². The molecule has 1 atom stereocenters. The molecule has 0 saturated heterocycles. The molecule has 0 fully saturated rings. The largest absolute Gasteiger partial charge is 0.293 e. The summed E-state index contributed by atoms with van der Waals surface area (Å²) in [6.07, 6.45) is 2.97. The van der Waals surface area contributed by atoms with Crippen LogP contribution in [0.15, 0.2) is 17.5 Å². The van der Waals surface area contributed by atoms with Gasteiger partial charge in [-0.25, -0.2) is 0 Å². The van der Waals surface area contributed by atoms with Crippen LogP contribution in [0.2, 0.25) is 0 Å². The van der Waals surface area contributed by atoms with Gasteiger partial charge < -0.3 is 0 Å². The van der Waals surface area contributed by atoms with E-state index in [0.717, 1.165) is 23.0 Å². The van der Waals surface area contributed by atoms with E-state index in [1.807, 2.05) is 29.3 Å². The van der Waals surface area contributed by atoms with Crippen LogP contribution in [0.4, 0.5) is 0 Å². The number of thioether (sulfide) groups is 1. The molecule has 3 heteroatoms. The van der Waals surface area contributed by atoms with Gasteiger partial charge in [-0.05, 0) is 35.3 Å². The Labute approximate surface area is 107 Å². The third-order valence-corrected chi connectivity index (χ3v) is 4.88. The van der Waals surface area contributed by atoms with Gasteiger partial charge in [0.1, 0.15) is 0 Å². The second-order valence-corrected chi connectivity index (χ2v) is 6.19. The summed E-state index contributed by atoms with van der Waals surface area (Å²) in [4.78, 5) is 12.6. The van der Waals surface area contributed by atoms with Crippen LogP contribution in [0.1, 0.15) is 42.8 Å². The number of rotatable bonds is 8. The molecule has 1 aromatic heterocycles. The molecule has 0 saturated carbocycles. The lowest BCUT2D eigenvalue weighted by molar-refractivity contribution is 0.0986. The minimum absolute atomic E-state index is 0.305. The van der Waals surface area contributed by atoms with Crippen molar-refractivity contribution >= 4 is 28.9 Å². The number of carbonyl (C=O) groups excluding carboxylic acids is 1. The summed E-state index contributed by atoms with van der Waals surface area (Å²) in [7, 11) is 0. The highest BCUT2D eigenvalue weighted by Gasteiger charge is 2.06. The SMILES string of the molecule is CCC(C)CSCCCC(=O)c1cccs1. The molecule has 0 radical (unpaired) electrons. The second-order valence-electron chi connectivity index (χ2n) is 4.09. The molecule has 0 amide bonds. The van der Waals surface area contributed by atoms with Crippen molar-refractivity contribution in [3.8, 4) is 0 Å². The molecule has 1 rings (SSSR count).